The third-order valence-corrected chi connectivity index (χ3v) is 3.00. The van der Waals surface area contributed by atoms with E-state index in [-0.39, 0.29) is 0 Å². The van der Waals surface area contributed by atoms with E-state index < -0.39 is 0 Å². The molecule has 1 atom stereocenters. The molecule has 0 spiro atoms. The van der Waals surface area contributed by atoms with Gasteiger partial charge in [0, 0.05) is 7.05 Å². The Hall–Kier alpha value is -0.900. The van der Waals surface area contributed by atoms with Crippen LogP contribution in [0.5, 0.6) is 0 Å². The van der Waals surface area contributed by atoms with Crippen molar-refractivity contribution in [3.05, 3.63) is 11.9 Å². The molecule has 4 nitrogen and oxygen atoms in total. The molecule has 0 aromatic carbocycles. The van der Waals surface area contributed by atoms with Gasteiger partial charge in [0.1, 0.15) is 0 Å². The van der Waals surface area contributed by atoms with Crippen molar-refractivity contribution in [3.8, 4) is 0 Å². The van der Waals surface area contributed by atoms with Crippen molar-refractivity contribution in [2.45, 2.75) is 25.3 Å². The molecule has 0 radical (unpaired) electrons. The van der Waals surface area contributed by atoms with Crippen LogP contribution in [0.1, 0.15) is 31.0 Å². The Balaban J connectivity index is 2.16. The highest BCUT2D eigenvalue weighted by molar-refractivity contribution is 5.05. The van der Waals surface area contributed by atoms with Gasteiger partial charge in [0.05, 0.1) is 17.9 Å². The third-order valence-electron chi connectivity index (χ3n) is 3.00. The number of nitrogens with one attached hydrogen (secondary N) is 1. The van der Waals surface area contributed by atoms with Crippen LogP contribution in [0.15, 0.2) is 6.20 Å². The number of nitrogens with zero attached hydrogens (tertiary/aromatic N) is 3. The molecule has 0 aliphatic heterocycles. The van der Waals surface area contributed by atoms with E-state index in [4.69, 9.17) is 0 Å². The number of aryl methyl sites for hydroxylation is 1. The van der Waals surface area contributed by atoms with Crippen molar-refractivity contribution in [1.82, 2.24) is 20.3 Å². The smallest absolute Gasteiger partial charge is 0.0755 e. The first kappa shape index (κ1) is 8.69. The maximum Gasteiger partial charge on any atom is 0.0755 e. The summed E-state index contributed by atoms with van der Waals surface area (Å²) in [5, 5.41) is 11.2. The third kappa shape index (κ3) is 1.46. The largest absolute Gasteiger partial charge is 0.311 e. The van der Waals surface area contributed by atoms with Gasteiger partial charge in [0.2, 0.25) is 0 Å². The van der Waals surface area contributed by atoms with Gasteiger partial charge in [0.15, 0.2) is 0 Å². The van der Waals surface area contributed by atoms with Crippen LogP contribution in [-0.4, -0.2) is 22.0 Å². The van der Waals surface area contributed by atoms with Crippen LogP contribution >= 0.6 is 0 Å². The van der Waals surface area contributed by atoms with Gasteiger partial charge in [-0.15, -0.1) is 5.10 Å². The first-order valence-corrected chi connectivity index (χ1v) is 4.84. The lowest BCUT2D eigenvalue weighted by Crippen LogP contribution is -2.31. The SMILES string of the molecule is CNC(c1cnnn1C)C1CCC1. The summed E-state index contributed by atoms with van der Waals surface area (Å²) in [6, 6.07) is 0.439. The van der Waals surface area contributed by atoms with Gasteiger partial charge >= 0.3 is 0 Å². The molecule has 0 bridgehead atoms. The van der Waals surface area contributed by atoms with E-state index >= 15 is 0 Å². The van der Waals surface area contributed by atoms with E-state index in [1.54, 1.807) is 0 Å². The highest BCUT2D eigenvalue weighted by atomic mass is 15.4. The van der Waals surface area contributed by atoms with E-state index in [0.29, 0.717) is 6.04 Å². The molecule has 1 aromatic rings. The zero-order chi connectivity index (χ0) is 9.26. The van der Waals surface area contributed by atoms with Crippen LogP contribution in [0.2, 0.25) is 0 Å². The quantitative estimate of drug-likeness (QED) is 0.750. The van der Waals surface area contributed by atoms with Crippen LogP contribution < -0.4 is 5.32 Å². The van der Waals surface area contributed by atoms with Crippen LogP contribution in [-0.2, 0) is 7.05 Å². The molecule has 2 rings (SSSR count). The van der Waals surface area contributed by atoms with Gasteiger partial charge in [-0.05, 0) is 25.8 Å². The van der Waals surface area contributed by atoms with Crippen molar-refractivity contribution < 1.29 is 0 Å². The summed E-state index contributed by atoms with van der Waals surface area (Å²) in [6.45, 7) is 0. The predicted molar refractivity (Wildman–Crippen MR) is 50.1 cm³/mol. The summed E-state index contributed by atoms with van der Waals surface area (Å²) >= 11 is 0. The molecule has 72 valence electrons. The monoisotopic (exact) mass is 180 g/mol. The zero-order valence-electron chi connectivity index (χ0n) is 8.20. The van der Waals surface area contributed by atoms with Crippen molar-refractivity contribution in [2.75, 3.05) is 7.05 Å². The van der Waals surface area contributed by atoms with E-state index in [9.17, 15) is 0 Å². The minimum atomic E-state index is 0.439. The van der Waals surface area contributed by atoms with Crippen LogP contribution in [0.3, 0.4) is 0 Å². The van der Waals surface area contributed by atoms with Crippen molar-refractivity contribution in [1.29, 1.82) is 0 Å². The fraction of sp³-hybridized carbons (Fsp3) is 0.778. The Morgan fingerprint density at radius 3 is 2.77 bits per heavy atom. The molecule has 1 fully saturated rings. The predicted octanol–water partition coefficient (Wildman–Crippen LogP) is 0.876. The Morgan fingerprint density at radius 2 is 2.38 bits per heavy atom. The molecule has 1 aromatic heterocycles. The Labute approximate surface area is 78.3 Å². The second kappa shape index (κ2) is 3.46. The molecule has 0 saturated heterocycles. The van der Waals surface area contributed by atoms with E-state index in [2.05, 4.69) is 15.6 Å². The number of hydrogen-bond donors (Lipinski definition) is 1. The summed E-state index contributed by atoms with van der Waals surface area (Å²) in [5.41, 5.74) is 1.20. The second-order valence-electron chi connectivity index (χ2n) is 3.74. The van der Waals surface area contributed by atoms with Gasteiger partial charge in [-0.2, -0.15) is 0 Å². The molecule has 1 aliphatic rings. The van der Waals surface area contributed by atoms with Gasteiger partial charge in [-0.25, -0.2) is 0 Å². The van der Waals surface area contributed by atoms with Gasteiger partial charge in [0.25, 0.3) is 0 Å². The van der Waals surface area contributed by atoms with Crippen molar-refractivity contribution in [3.63, 3.8) is 0 Å². The van der Waals surface area contributed by atoms with Crippen molar-refractivity contribution in [2.24, 2.45) is 13.0 Å². The van der Waals surface area contributed by atoms with Crippen LogP contribution in [0.4, 0.5) is 0 Å². The van der Waals surface area contributed by atoms with Gasteiger partial charge in [-0.3, -0.25) is 4.68 Å². The fourth-order valence-corrected chi connectivity index (χ4v) is 1.98. The average Bonchev–Trinajstić information content (AvgIpc) is 2.43. The molecule has 13 heavy (non-hydrogen) atoms. The molecule has 1 saturated carbocycles. The first-order valence-electron chi connectivity index (χ1n) is 4.84. The fourth-order valence-electron chi connectivity index (χ4n) is 1.98. The summed E-state index contributed by atoms with van der Waals surface area (Å²) in [5.74, 6) is 0.780. The molecule has 1 N–H and O–H groups in total. The molecule has 1 aliphatic carbocycles. The average molecular weight is 180 g/mol. The highest BCUT2D eigenvalue weighted by Crippen LogP contribution is 2.36. The van der Waals surface area contributed by atoms with Crippen LogP contribution in [0.25, 0.3) is 0 Å². The number of hydrogen-bond acceptors (Lipinski definition) is 3. The molecule has 1 unspecified atom stereocenters. The molecule has 1 heterocycles. The van der Waals surface area contributed by atoms with Crippen molar-refractivity contribution >= 4 is 0 Å². The second-order valence-corrected chi connectivity index (χ2v) is 3.74. The van der Waals surface area contributed by atoms with Gasteiger partial charge in [-0.1, -0.05) is 11.6 Å². The topological polar surface area (TPSA) is 42.7 Å². The van der Waals surface area contributed by atoms with E-state index in [0.717, 1.165) is 5.92 Å². The summed E-state index contributed by atoms with van der Waals surface area (Å²) < 4.78 is 1.86. The molecular weight excluding hydrogens is 164 g/mol. The highest BCUT2D eigenvalue weighted by Gasteiger charge is 2.29. The molecular formula is C9H16N4. The standard InChI is InChI=1S/C9H16N4/c1-10-9(7-4-3-5-7)8-6-11-12-13(8)2/h6-7,9-10H,3-5H2,1-2H3. The van der Waals surface area contributed by atoms with E-state index in [1.807, 2.05) is 25.0 Å². The lowest BCUT2D eigenvalue weighted by Gasteiger charge is -2.33. The molecule has 0 amide bonds. The lowest BCUT2D eigenvalue weighted by molar-refractivity contribution is 0.232. The number of aromatic nitrogens is 3. The minimum absolute atomic E-state index is 0.439. The van der Waals surface area contributed by atoms with Crippen LogP contribution in [0, 0.1) is 5.92 Å². The van der Waals surface area contributed by atoms with Gasteiger partial charge < -0.3 is 5.32 Å². The molecule has 4 heteroatoms. The zero-order valence-corrected chi connectivity index (χ0v) is 8.20. The normalized spacial score (nSPS) is 19.8. The maximum atomic E-state index is 3.95. The minimum Gasteiger partial charge on any atom is -0.311 e. The number of rotatable bonds is 3. The summed E-state index contributed by atoms with van der Waals surface area (Å²) in [7, 11) is 3.96. The first-order chi connectivity index (χ1) is 6.33. The summed E-state index contributed by atoms with van der Waals surface area (Å²) in [6.07, 6.45) is 5.89. The Bertz CT molecular complexity index is 277. The summed E-state index contributed by atoms with van der Waals surface area (Å²) in [4.78, 5) is 0. The van der Waals surface area contributed by atoms with E-state index in [1.165, 1.54) is 25.0 Å². The Kier molecular flexibility index (Phi) is 2.31. The lowest BCUT2D eigenvalue weighted by atomic mass is 9.78. The Morgan fingerprint density at radius 1 is 1.62 bits per heavy atom. The maximum absolute atomic E-state index is 3.95.